The number of methoxy groups -OCH3 is 3. The topological polar surface area (TPSA) is 153 Å². The average molecular weight is 447 g/mol. The van der Waals surface area contributed by atoms with Gasteiger partial charge in [-0.3, -0.25) is 4.57 Å². The van der Waals surface area contributed by atoms with Crippen LogP contribution in [0.2, 0.25) is 0 Å². The van der Waals surface area contributed by atoms with Gasteiger partial charge < -0.3 is 39.6 Å². The largest absolute Gasteiger partial charge is 0.496 e. The number of imidazole rings is 1. The Hall–Kier alpha value is -3.19. The molecule has 1 unspecified atom stereocenters. The summed E-state index contributed by atoms with van der Waals surface area (Å²) in [6, 6.07) is 3.54. The molecule has 0 aliphatic carbocycles. The summed E-state index contributed by atoms with van der Waals surface area (Å²) >= 11 is 0. The number of aliphatic hydroxyl groups excluding tert-OH is 3. The highest BCUT2D eigenvalue weighted by Gasteiger charge is 2.44. The molecule has 32 heavy (non-hydrogen) atoms. The summed E-state index contributed by atoms with van der Waals surface area (Å²) < 4.78 is 23.2. The Labute approximate surface area is 183 Å². The van der Waals surface area contributed by atoms with E-state index in [9.17, 15) is 15.3 Å². The van der Waals surface area contributed by atoms with Crippen molar-refractivity contribution in [3.63, 3.8) is 0 Å². The van der Waals surface area contributed by atoms with Gasteiger partial charge in [0.15, 0.2) is 34.7 Å². The molecule has 1 aromatic carbocycles. The maximum Gasteiger partial charge on any atom is 0.167 e. The summed E-state index contributed by atoms with van der Waals surface area (Å²) in [6.45, 7) is -0.0767. The molecular weight excluding hydrogens is 422 g/mol. The van der Waals surface area contributed by atoms with E-state index in [0.29, 0.717) is 40.8 Å². The molecule has 1 aliphatic rings. The van der Waals surface area contributed by atoms with Crippen molar-refractivity contribution >= 4 is 17.0 Å². The van der Waals surface area contributed by atoms with Gasteiger partial charge in [-0.2, -0.15) is 0 Å². The van der Waals surface area contributed by atoms with Gasteiger partial charge in [-0.25, -0.2) is 15.0 Å². The number of ether oxygens (including phenoxy) is 4. The summed E-state index contributed by atoms with van der Waals surface area (Å²) in [6.07, 6.45) is -1.51. The van der Waals surface area contributed by atoms with Crippen LogP contribution >= 0.6 is 0 Å². The number of anilines is 1. The van der Waals surface area contributed by atoms with Gasteiger partial charge in [-0.15, -0.1) is 0 Å². The molecule has 4 N–H and O–H groups in total. The van der Waals surface area contributed by atoms with Crippen LogP contribution < -0.4 is 19.5 Å². The van der Waals surface area contributed by atoms with Crippen LogP contribution in [0.4, 0.5) is 5.82 Å². The van der Waals surface area contributed by atoms with Crippen LogP contribution in [-0.4, -0.2) is 81.1 Å². The number of benzene rings is 1. The number of aromatic nitrogens is 4. The Kier molecular flexibility index (Phi) is 6.28. The first-order valence-corrected chi connectivity index (χ1v) is 9.85. The third kappa shape index (κ3) is 3.77. The van der Waals surface area contributed by atoms with E-state index in [2.05, 4.69) is 20.3 Å². The van der Waals surface area contributed by atoms with Crippen molar-refractivity contribution in [1.29, 1.82) is 0 Å². The number of aliphatic hydroxyl groups is 3. The Bertz CT molecular complexity index is 1090. The fraction of sp³-hybridized carbons (Fsp3) is 0.450. The van der Waals surface area contributed by atoms with Crippen LogP contribution in [0.15, 0.2) is 24.8 Å². The molecule has 1 fully saturated rings. The number of nitrogens with zero attached hydrogens (tertiary/aromatic N) is 4. The van der Waals surface area contributed by atoms with Crippen LogP contribution in [0, 0.1) is 0 Å². The van der Waals surface area contributed by atoms with Crippen molar-refractivity contribution in [2.24, 2.45) is 0 Å². The third-order valence-electron chi connectivity index (χ3n) is 5.38. The molecule has 0 bridgehead atoms. The maximum absolute atomic E-state index is 10.3. The van der Waals surface area contributed by atoms with E-state index >= 15 is 0 Å². The minimum absolute atomic E-state index is 0.344. The third-order valence-corrected chi connectivity index (χ3v) is 5.38. The molecule has 1 saturated heterocycles. The van der Waals surface area contributed by atoms with Crippen LogP contribution in [0.25, 0.3) is 11.2 Å². The SMILES string of the molecule is COc1cc(OC)c(OC)cc1CNc1ncnc2c1ncn2C1O[C@H](CO)[C@@H](O)[C@@H]1O. The van der Waals surface area contributed by atoms with E-state index in [0.717, 1.165) is 5.56 Å². The van der Waals surface area contributed by atoms with Crippen molar-refractivity contribution in [1.82, 2.24) is 19.5 Å². The first-order chi connectivity index (χ1) is 15.5. The predicted molar refractivity (Wildman–Crippen MR) is 112 cm³/mol. The van der Waals surface area contributed by atoms with Gasteiger partial charge >= 0.3 is 0 Å². The molecule has 1 aliphatic heterocycles. The first kappa shape index (κ1) is 22.0. The van der Waals surface area contributed by atoms with Crippen molar-refractivity contribution < 1.29 is 34.3 Å². The second-order valence-electron chi connectivity index (χ2n) is 7.15. The Balaban J connectivity index is 1.61. The molecule has 4 rings (SSSR count). The van der Waals surface area contributed by atoms with E-state index in [-0.39, 0.29) is 0 Å². The second-order valence-corrected chi connectivity index (χ2v) is 7.15. The minimum Gasteiger partial charge on any atom is -0.496 e. The zero-order chi connectivity index (χ0) is 22.8. The van der Waals surface area contributed by atoms with Crippen molar-refractivity contribution in [3.05, 3.63) is 30.4 Å². The second kappa shape index (κ2) is 9.12. The quantitative estimate of drug-likeness (QED) is 0.371. The maximum atomic E-state index is 10.3. The molecule has 172 valence electrons. The normalized spacial score (nSPS) is 22.8. The molecular formula is C20H25N5O7. The van der Waals surface area contributed by atoms with Gasteiger partial charge in [-0.1, -0.05) is 0 Å². The van der Waals surface area contributed by atoms with Gasteiger partial charge in [0, 0.05) is 18.2 Å². The zero-order valence-corrected chi connectivity index (χ0v) is 17.8. The van der Waals surface area contributed by atoms with E-state index in [4.69, 9.17) is 18.9 Å². The summed E-state index contributed by atoms with van der Waals surface area (Å²) in [5, 5.41) is 32.9. The fourth-order valence-electron chi connectivity index (χ4n) is 3.69. The highest BCUT2D eigenvalue weighted by atomic mass is 16.6. The van der Waals surface area contributed by atoms with Crippen LogP contribution in [0.1, 0.15) is 11.8 Å². The lowest BCUT2D eigenvalue weighted by atomic mass is 10.1. The molecule has 3 heterocycles. The lowest BCUT2D eigenvalue weighted by Gasteiger charge is -2.16. The van der Waals surface area contributed by atoms with Crippen LogP contribution in [0.5, 0.6) is 17.2 Å². The molecule has 0 radical (unpaired) electrons. The van der Waals surface area contributed by atoms with E-state index in [1.54, 1.807) is 33.5 Å². The summed E-state index contributed by atoms with van der Waals surface area (Å²) in [5.41, 5.74) is 1.65. The number of hydrogen-bond donors (Lipinski definition) is 4. The zero-order valence-electron chi connectivity index (χ0n) is 17.8. The van der Waals surface area contributed by atoms with Gasteiger partial charge in [0.2, 0.25) is 0 Å². The molecule has 0 spiro atoms. The molecule has 0 saturated carbocycles. The predicted octanol–water partition coefficient (Wildman–Crippen LogP) is 0.0757. The lowest BCUT2D eigenvalue weighted by molar-refractivity contribution is -0.0511. The number of hydrogen-bond acceptors (Lipinski definition) is 11. The van der Waals surface area contributed by atoms with E-state index in [1.165, 1.54) is 17.2 Å². The Morgan fingerprint density at radius 1 is 1.00 bits per heavy atom. The number of fused-ring (bicyclic) bond motifs is 1. The lowest BCUT2D eigenvalue weighted by Crippen LogP contribution is -2.33. The Morgan fingerprint density at radius 2 is 1.72 bits per heavy atom. The minimum atomic E-state index is -1.24. The van der Waals surface area contributed by atoms with Crippen LogP contribution in [0.3, 0.4) is 0 Å². The molecule has 2 aromatic heterocycles. The van der Waals surface area contributed by atoms with Crippen molar-refractivity contribution in [2.75, 3.05) is 33.3 Å². The fourth-order valence-corrected chi connectivity index (χ4v) is 3.69. The monoisotopic (exact) mass is 447 g/mol. The first-order valence-electron chi connectivity index (χ1n) is 9.85. The summed E-state index contributed by atoms with van der Waals surface area (Å²) in [7, 11) is 4.67. The van der Waals surface area contributed by atoms with Crippen molar-refractivity contribution in [3.8, 4) is 17.2 Å². The molecule has 0 amide bonds. The number of rotatable bonds is 8. The highest BCUT2D eigenvalue weighted by molar-refractivity contribution is 5.82. The average Bonchev–Trinajstić information content (AvgIpc) is 3.38. The van der Waals surface area contributed by atoms with Gasteiger partial charge in [0.05, 0.1) is 34.3 Å². The highest BCUT2D eigenvalue weighted by Crippen LogP contribution is 2.35. The smallest absolute Gasteiger partial charge is 0.167 e. The standard InChI is InChI=1S/C20H25N5O7/c1-29-11-5-13(31-3)12(30-2)4-10(11)6-21-18-15-19(23-8-22-18)25(9-24-15)20-17(28)16(27)14(7-26)32-20/h4-5,8-9,14,16-17,20,26-28H,6-7H2,1-3H3,(H,21,22,23)/t14-,16-,17+,20?/m1/s1. The molecule has 3 aromatic rings. The van der Waals surface area contributed by atoms with Gasteiger partial charge in [0.1, 0.15) is 30.4 Å². The van der Waals surface area contributed by atoms with Crippen LogP contribution in [-0.2, 0) is 11.3 Å². The Morgan fingerprint density at radius 3 is 2.38 bits per heavy atom. The van der Waals surface area contributed by atoms with Gasteiger partial charge in [-0.05, 0) is 6.07 Å². The molecule has 12 nitrogen and oxygen atoms in total. The summed E-state index contributed by atoms with van der Waals surface area (Å²) in [4.78, 5) is 12.9. The van der Waals surface area contributed by atoms with E-state index < -0.39 is 31.1 Å². The molecule has 4 atom stereocenters. The van der Waals surface area contributed by atoms with E-state index in [1.807, 2.05) is 0 Å². The number of nitrogens with one attached hydrogen (secondary N) is 1. The molecule has 12 heteroatoms. The van der Waals surface area contributed by atoms with Crippen molar-refractivity contribution in [2.45, 2.75) is 31.1 Å². The summed E-state index contributed by atoms with van der Waals surface area (Å²) in [5.74, 6) is 2.18. The van der Waals surface area contributed by atoms with Gasteiger partial charge in [0.25, 0.3) is 0 Å².